The fraction of sp³-hybridized carbons (Fsp3) is 0.0588. The number of anilines is 1. The van der Waals surface area contributed by atoms with Crippen LogP contribution in [0.3, 0.4) is 0 Å². The highest BCUT2D eigenvalue weighted by molar-refractivity contribution is 8.23. The largest absolute Gasteiger partial charge is 0.354 e. The lowest BCUT2D eigenvalue weighted by Gasteiger charge is -2.11. The molecule has 3 rings (SSSR count). The van der Waals surface area contributed by atoms with Crippen molar-refractivity contribution in [3.8, 4) is 0 Å². The summed E-state index contributed by atoms with van der Waals surface area (Å²) in [5.74, 6) is 0.00313. The number of carbonyl (C=O) groups is 1. The normalized spacial score (nSPS) is 13.3. The van der Waals surface area contributed by atoms with Crippen LogP contribution >= 0.6 is 24.0 Å². The first-order valence-electron chi connectivity index (χ1n) is 6.51. The minimum atomic E-state index is 0.00313. The van der Waals surface area contributed by atoms with Gasteiger partial charge in [0.2, 0.25) is 0 Å². The van der Waals surface area contributed by atoms with Crippen molar-refractivity contribution < 1.29 is 4.79 Å². The maximum atomic E-state index is 12.6. The predicted octanol–water partition coefficient (Wildman–Crippen LogP) is 4.40. The molecule has 4 heteroatoms. The van der Waals surface area contributed by atoms with Crippen LogP contribution in [0.25, 0.3) is 5.70 Å². The molecule has 0 atom stereocenters. The van der Waals surface area contributed by atoms with Crippen molar-refractivity contribution in [2.75, 3.05) is 11.6 Å². The minimum absolute atomic E-state index is 0.00313. The third-order valence-corrected chi connectivity index (χ3v) is 4.63. The Bertz CT molecular complexity index is 750. The van der Waals surface area contributed by atoms with Gasteiger partial charge < -0.3 is 5.32 Å². The van der Waals surface area contributed by atoms with Crippen LogP contribution in [0, 0.1) is 0 Å². The van der Waals surface area contributed by atoms with E-state index >= 15 is 0 Å². The zero-order valence-electron chi connectivity index (χ0n) is 11.4. The number of rotatable bonds is 3. The molecule has 0 radical (unpaired) electrons. The SMILES string of the molecule is CSC(=S)C1=C(Nc2ccccc2)c2ccccc2C1=O. The smallest absolute Gasteiger partial charge is 0.197 e. The second-order valence-electron chi connectivity index (χ2n) is 4.61. The van der Waals surface area contributed by atoms with Gasteiger partial charge in [-0.2, -0.15) is 0 Å². The van der Waals surface area contributed by atoms with Crippen LogP contribution in [-0.2, 0) is 0 Å². The van der Waals surface area contributed by atoms with E-state index in [2.05, 4.69) is 5.32 Å². The number of carbonyl (C=O) groups excluding carboxylic acids is 1. The highest BCUT2D eigenvalue weighted by atomic mass is 32.2. The average Bonchev–Trinajstić information content (AvgIpc) is 2.81. The lowest BCUT2D eigenvalue weighted by molar-refractivity contribution is 0.104. The molecule has 0 amide bonds. The summed E-state index contributed by atoms with van der Waals surface area (Å²) in [6, 6.07) is 17.4. The van der Waals surface area contributed by atoms with Crippen molar-refractivity contribution in [3.05, 3.63) is 71.3 Å². The first-order valence-corrected chi connectivity index (χ1v) is 8.14. The number of nitrogens with one attached hydrogen (secondary N) is 1. The van der Waals surface area contributed by atoms with Crippen molar-refractivity contribution in [2.45, 2.75) is 0 Å². The minimum Gasteiger partial charge on any atom is -0.354 e. The predicted molar refractivity (Wildman–Crippen MR) is 93.9 cm³/mol. The van der Waals surface area contributed by atoms with Gasteiger partial charge in [0.05, 0.1) is 15.5 Å². The van der Waals surface area contributed by atoms with Crippen LogP contribution in [0.4, 0.5) is 5.69 Å². The van der Waals surface area contributed by atoms with Gasteiger partial charge in [-0.25, -0.2) is 0 Å². The van der Waals surface area contributed by atoms with Crippen molar-refractivity contribution in [1.82, 2.24) is 0 Å². The molecule has 0 saturated heterocycles. The Hall–Kier alpha value is -1.91. The summed E-state index contributed by atoms with van der Waals surface area (Å²) < 4.78 is 0.620. The molecule has 0 heterocycles. The topological polar surface area (TPSA) is 29.1 Å². The van der Waals surface area contributed by atoms with Crippen LogP contribution in [0.5, 0.6) is 0 Å². The molecule has 0 unspecified atom stereocenters. The van der Waals surface area contributed by atoms with E-state index in [-0.39, 0.29) is 5.78 Å². The molecule has 1 aliphatic carbocycles. The highest BCUT2D eigenvalue weighted by Crippen LogP contribution is 2.35. The second kappa shape index (κ2) is 5.84. The molecule has 0 saturated carbocycles. The van der Waals surface area contributed by atoms with Gasteiger partial charge in [0.25, 0.3) is 0 Å². The summed E-state index contributed by atoms with van der Waals surface area (Å²) >= 11 is 6.80. The number of Topliss-reactive ketones (excluding diaryl/α,β-unsaturated/α-hetero) is 1. The van der Waals surface area contributed by atoms with Crippen molar-refractivity contribution in [3.63, 3.8) is 0 Å². The van der Waals surface area contributed by atoms with E-state index in [0.717, 1.165) is 16.9 Å². The molecule has 0 spiro atoms. The number of thioether (sulfide) groups is 1. The van der Waals surface area contributed by atoms with Crippen molar-refractivity contribution in [1.29, 1.82) is 0 Å². The van der Waals surface area contributed by atoms with E-state index in [9.17, 15) is 4.79 Å². The Kier molecular flexibility index (Phi) is 3.90. The Balaban J connectivity index is 2.12. The fourth-order valence-corrected chi connectivity index (χ4v) is 2.97. The van der Waals surface area contributed by atoms with Crippen LogP contribution in [0.2, 0.25) is 0 Å². The van der Waals surface area contributed by atoms with Crippen LogP contribution < -0.4 is 5.32 Å². The molecule has 104 valence electrons. The molecule has 2 nitrogen and oxygen atoms in total. The summed E-state index contributed by atoms with van der Waals surface area (Å²) in [5.41, 5.74) is 3.97. The number of ketones is 1. The first-order chi connectivity index (χ1) is 10.2. The Labute approximate surface area is 133 Å². The molecule has 1 aliphatic rings. The molecule has 21 heavy (non-hydrogen) atoms. The third kappa shape index (κ3) is 2.52. The quantitative estimate of drug-likeness (QED) is 0.851. The summed E-state index contributed by atoms with van der Waals surface area (Å²) in [4.78, 5) is 12.6. The van der Waals surface area contributed by atoms with Gasteiger partial charge in [-0.15, -0.1) is 11.8 Å². The Morgan fingerprint density at radius 3 is 2.29 bits per heavy atom. The van der Waals surface area contributed by atoms with E-state index in [0.29, 0.717) is 15.3 Å². The highest BCUT2D eigenvalue weighted by Gasteiger charge is 2.31. The third-order valence-electron chi connectivity index (χ3n) is 3.35. The first kappa shape index (κ1) is 14.0. The lowest BCUT2D eigenvalue weighted by atomic mass is 10.1. The van der Waals surface area contributed by atoms with Gasteiger partial charge in [0, 0.05) is 16.8 Å². The van der Waals surface area contributed by atoms with Crippen molar-refractivity contribution >= 4 is 45.3 Å². The van der Waals surface area contributed by atoms with Crippen LogP contribution in [-0.4, -0.2) is 16.2 Å². The van der Waals surface area contributed by atoms with Gasteiger partial charge in [-0.3, -0.25) is 4.79 Å². The molecular weight excluding hydrogens is 298 g/mol. The van der Waals surface area contributed by atoms with Gasteiger partial charge in [-0.05, 0) is 18.4 Å². The van der Waals surface area contributed by atoms with Crippen molar-refractivity contribution in [2.24, 2.45) is 0 Å². The van der Waals surface area contributed by atoms with E-state index in [1.807, 2.05) is 60.9 Å². The number of hydrogen-bond acceptors (Lipinski definition) is 4. The molecule has 0 fully saturated rings. The van der Waals surface area contributed by atoms with Crippen LogP contribution in [0.15, 0.2) is 60.2 Å². The maximum absolute atomic E-state index is 12.6. The summed E-state index contributed by atoms with van der Waals surface area (Å²) in [6.45, 7) is 0. The molecule has 0 aromatic heterocycles. The number of thiocarbonyl (C=S) groups is 1. The number of fused-ring (bicyclic) bond motifs is 1. The van der Waals surface area contributed by atoms with Crippen LogP contribution in [0.1, 0.15) is 15.9 Å². The molecule has 1 N–H and O–H groups in total. The van der Waals surface area contributed by atoms with E-state index in [1.54, 1.807) is 0 Å². The monoisotopic (exact) mass is 311 g/mol. The van der Waals surface area contributed by atoms with Gasteiger partial charge >= 0.3 is 0 Å². The number of hydrogen-bond donors (Lipinski definition) is 1. The van der Waals surface area contributed by atoms with E-state index in [1.165, 1.54) is 11.8 Å². The van der Waals surface area contributed by atoms with Gasteiger partial charge in [-0.1, -0.05) is 54.7 Å². The number of benzene rings is 2. The molecular formula is C17H13NOS2. The maximum Gasteiger partial charge on any atom is 0.197 e. The molecule has 2 aromatic rings. The zero-order chi connectivity index (χ0) is 14.8. The molecule has 0 aliphatic heterocycles. The number of para-hydroxylation sites is 1. The molecule has 2 aromatic carbocycles. The van der Waals surface area contributed by atoms with Gasteiger partial charge in [0.1, 0.15) is 0 Å². The Morgan fingerprint density at radius 1 is 1.00 bits per heavy atom. The van der Waals surface area contributed by atoms with E-state index < -0.39 is 0 Å². The summed E-state index contributed by atoms with van der Waals surface area (Å²) in [7, 11) is 0. The Morgan fingerprint density at radius 2 is 1.62 bits per heavy atom. The standard InChI is InChI=1S/C17H13NOS2/c1-21-17(20)14-15(18-11-7-3-2-4-8-11)12-9-5-6-10-13(12)16(14)19/h2-10,18H,1H3. The summed E-state index contributed by atoms with van der Waals surface area (Å²) in [6.07, 6.45) is 1.89. The molecule has 0 bridgehead atoms. The zero-order valence-corrected chi connectivity index (χ0v) is 13.1. The average molecular weight is 311 g/mol. The van der Waals surface area contributed by atoms with Gasteiger partial charge in [0.15, 0.2) is 5.78 Å². The van der Waals surface area contributed by atoms with E-state index in [4.69, 9.17) is 12.2 Å². The fourth-order valence-electron chi connectivity index (χ4n) is 2.37. The second-order valence-corrected chi connectivity index (χ2v) is 6.09. The summed E-state index contributed by atoms with van der Waals surface area (Å²) in [5, 5.41) is 3.35. The lowest BCUT2D eigenvalue weighted by Crippen LogP contribution is -2.07.